The van der Waals surface area contributed by atoms with E-state index in [0.29, 0.717) is 43.5 Å². The maximum atomic E-state index is 12.9. The van der Waals surface area contributed by atoms with Gasteiger partial charge in [0, 0.05) is 31.9 Å². The van der Waals surface area contributed by atoms with Crippen molar-refractivity contribution in [3.8, 4) is 0 Å². The van der Waals surface area contributed by atoms with Gasteiger partial charge in [0.15, 0.2) is 0 Å². The molecule has 0 atom stereocenters. The number of nitrogens with one attached hydrogen (secondary N) is 1. The highest BCUT2D eigenvalue weighted by molar-refractivity contribution is 8.00. The third kappa shape index (κ3) is 4.95. The van der Waals surface area contributed by atoms with Gasteiger partial charge in [0.05, 0.1) is 18.2 Å². The van der Waals surface area contributed by atoms with Crippen LogP contribution in [-0.2, 0) is 14.4 Å². The van der Waals surface area contributed by atoms with E-state index in [4.69, 9.17) is 0 Å². The Morgan fingerprint density at radius 3 is 2.38 bits per heavy atom. The summed E-state index contributed by atoms with van der Waals surface area (Å²) in [4.78, 5) is 41.3. The Morgan fingerprint density at radius 1 is 1.08 bits per heavy atom. The number of hydrogen-bond donors (Lipinski definition) is 1. The number of halogens is 1. The Hall–Kier alpha value is -2.13. The number of piperazine rings is 1. The predicted octanol–water partition coefficient (Wildman–Crippen LogP) is 0.441. The molecule has 1 aromatic carbocycles. The lowest BCUT2D eigenvalue weighted by Crippen LogP contribution is -2.52. The van der Waals surface area contributed by atoms with Crippen LogP contribution in [0.4, 0.5) is 10.1 Å². The Labute approximate surface area is 155 Å². The highest BCUT2D eigenvalue weighted by atomic mass is 32.2. The summed E-state index contributed by atoms with van der Waals surface area (Å²) in [5.74, 6) is 0.475. The summed E-state index contributed by atoms with van der Waals surface area (Å²) >= 11 is 1.52. The lowest BCUT2D eigenvalue weighted by molar-refractivity contribution is -0.139. The molecule has 0 aliphatic carbocycles. The molecule has 3 amide bonds. The molecule has 1 N–H and O–H groups in total. The van der Waals surface area contributed by atoms with E-state index in [1.54, 1.807) is 9.80 Å². The van der Waals surface area contributed by atoms with Crippen molar-refractivity contribution in [1.29, 1.82) is 0 Å². The maximum Gasteiger partial charge on any atom is 0.242 e. The summed E-state index contributed by atoms with van der Waals surface area (Å²) in [6.45, 7) is 2.64. The second kappa shape index (κ2) is 8.50. The Bertz CT molecular complexity index is 677. The van der Waals surface area contributed by atoms with Crippen LogP contribution in [0.15, 0.2) is 24.3 Å². The number of carbonyl (C=O) groups excluding carboxylic acids is 3. The van der Waals surface area contributed by atoms with Crippen molar-refractivity contribution in [2.45, 2.75) is 0 Å². The van der Waals surface area contributed by atoms with Gasteiger partial charge in [-0.2, -0.15) is 0 Å². The van der Waals surface area contributed by atoms with Crippen molar-refractivity contribution in [1.82, 2.24) is 14.7 Å². The van der Waals surface area contributed by atoms with E-state index >= 15 is 0 Å². The van der Waals surface area contributed by atoms with Gasteiger partial charge in [-0.05, 0) is 24.3 Å². The number of hydrogen-bond acceptors (Lipinski definition) is 5. The van der Waals surface area contributed by atoms with Crippen LogP contribution in [0, 0.1) is 5.82 Å². The molecule has 0 saturated carbocycles. The van der Waals surface area contributed by atoms with Gasteiger partial charge in [-0.3, -0.25) is 19.3 Å². The molecule has 2 heterocycles. The molecule has 140 valence electrons. The summed E-state index contributed by atoms with van der Waals surface area (Å²) in [5, 5.41) is 2.73. The summed E-state index contributed by atoms with van der Waals surface area (Å²) in [5.41, 5.74) is 0.554. The Balaban J connectivity index is 1.40. The zero-order valence-corrected chi connectivity index (χ0v) is 15.1. The molecule has 0 radical (unpaired) electrons. The zero-order valence-electron chi connectivity index (χ0n) is 14.3. The Kier molecular flexibility index (Phi) is 6.10. The monoisotopic (exact) mass is 380 g/mol. The molecule has 2 aliphatic rings. The van der Waals surface area contributed by atoms with Crippen molar-refractivity contribution in [2.75, 3.05) is 56.2 Å². The quantitative estimate of drug-likeness (QED) is 0.803. The fourth-order valence-corrected chi connectivity index (χ4v) is 3.80. The fourth-order valence-electron chi connectivity index (χ4n) is 2.90. The van der Waals surface area contributed by atoms with Gasteiger partial charge in [-0.15, -0.1) is 11.8 Å². The van der Waals surface area contributed by atoms with Crippen LogP contribution in [0.25, 0.3) is 0 Å². The average Bonchev–Trinajstić information content (AvgIpc) is 3.02. The lowest BCUT2D eigenvalue weighted by atomic mass is 10.3. The molecule has 0 bridgehead atoms. The fraction of sp³-hybridized carbons (Fsp3) is 0.471. The first-order valence-corrected chi connectivity index (χ1v) is 9.58. The van der Waals surface area contributed by atoms with Gasteiger partial charge in [-0.25, -0.2) is 4.39 Å². The summed E-state index contributed by atoms with van der Waals surface area (Å²) < 4.78 is 12.9. The van der Waals surface area contributed by atoms with Crippen LogP contribution in [-0.4, -0.2) is 83.3 Å². The van der Waals surface area contributed by atoms with Crippen molar-refractivity contribution < 1.29 is 18.8 Å². The molecule has 2 aliphatic heterocycles. The van der Waals surface area contributed by atoms with Gasteiger partial charge in [0.2, 0.25) is 17.7 Å². The van der Waals surface area contributed by atoms with Crippen molar-refractivity contribution in [3.05, 3.63) is 30.1 Å². The first-order valence-electron chi connectivity index (χ1n) is 8.42. The highest BCUT2D eigenvalue weighted by Crippen LogP contribution is 2.15. The normalized spacial score (nSPS) is 18.3. The SMILES string of the molecule is O=C(CN1CCN(C(=O)CN2CSCC2=O)CC1)Nc1ccc(F)cc1. The van der Waals surface area contributed by atoms with Gasteiger partial charge in [0.1, 0.15) is 12.4 Å². The molecule has 0 unspecified atom stereocenters. The number of nitrogens with zero attached hydrogens (tertiary/aromatic N) is 3. The predicted molar refractivity (Wildman–Crippen MR) is 97.1 cm³/mol. The van der Waals surface area contributed by atoms with Crippen LogP contribution < -0.4 is 5.32 Å². The Morgan fingerprint density at radius 2 is 1.77 bits per heavy atom. The van der Waals surface area contributed by atoms with E-state index in [-0.39, 0.29) is 36.6 Å². The number of benzene rings is 1. The minimum atomic E-state index is -0.349. The first-order chi connectivity index (χ1) is 12.5. The van der Waals surface area contributed by atoms with Crippen LogP contribution in [0.2, 0.25) is 0 Å². The molecule has 2 saturated heterocycles. The molecular formula is C17H21FN4O3S. The molecule has 0 aromatic heterocycles. The molecule has 2 fully saturated rings. The van der Waals surface area contributed by atoms with Crippen LogP contribution in [0.5, 0.6) is 0 Å². The smallest absolute Gasteiger partial charge is 0.242 e. The minimum Gasteiger partial charge on any atom is -0.339 e. The number of thioether (sulfide) groups is 1. The number of amides is 3. The van der Waals surface area contributed by atoms with Crippen molar-refractivity contribution in [2.24, 2.45) is 0 Å². The summed E-state index contributed by atoms with van der Waals surface area (Å²) in [6.07, 6.45) is 0. The largest absolute Gasteiger partial charge is 0.339 e. The van der Waals surface area contributed by atoms with E-state index in [1.165, 1.54) is 36.0 Å². The summed E-state index contributed by atoms with van der Waals surface area (Å²) in [7, 11) is 0. The molecule has 9 heteroatoms. The molecule has 26 heavy (non-hydrogen) atoms. The number of carbonyl (C=O) groups is 3. The minimum absolute atomic E-state index is 0.0134. The standard InChI is InChI=1S/C17H21FN4O3S/c18-13-1-3-14(4-2-13)19-15(23)9-20-5-7-21(8-6-20)16(24)10-22-12-26-11-17(22)25/h1-4H,5-12H2,(H,19,23). The zero-order chi connectivity index (χ0) is 18.5. The maximum absolute atomic E-state index is 12.9. The van der Waals surface area contributed by atoms with Crippen LogP contribution in [0.3, 0.4) is 0 Å². The highest BCUT2D eigenvalue weighted by Gasteiger charge is 2.27. The van der Waals surface area contributed by atoms with Gasteiger partial charge < -0.3 is 15.1 Å². The van der Waals surface area contributed by atoms with Crippen LogP contribution in [0.1, 0.15) is 0 Å². The van der Waals surface area contributed by atoms with E-state index < -0.39 is 0 Å². The molecule has 0 spiro atoms. The second-order valence-corrected chi connectivity index (χ2v) is 7.24. The number of rotatable bonds is 5. The van der Waals surface area contributed by atoms with E-state index in [9.17, 15) is 18.8 Å². The molecule has 1 aromatic rings. The average molecular weight is 380 g/mol. The molecule has 3 rings (SSSR count). The molecule has 7 nitrogen and oxygen atoms in total. The van der Waals surface area contributed by atoms with Gasteiger partial charge in [0.25, 0.3) is 0 Å². The van der Waals surface area contributed by atoms with Crippen molar-refractivity contribution in [3.63, 3.8) is 0 Å². The van der Waals surface area contributed by atoms with E-state index in [2.05, 4.69) is 5.32 Å². The molecular weight excluding hydrogens is 359 g/mol. The number of anilines is 1. The summed E-state index contributed by atoms with van der Waals surface area (Å²) in [6, 6.07) is 5.62. The third-order valence-corrected chi connectivity index (χ3v) is 5.32. The topological polar surface area (TPSA) is 73.0 Å². The van der Waals surface area contributed by atoms with E-state index in [0.717, 1.165) is 0 Å². The lowest BCUT2D eigenvalue weighted by Gasteiger charge is -2.35. The first kappa shape index (κ1) is 18.7. The van der Waals surface area contributed by atoms with E-state index in [1.807, 2.05) is 4.90 Å². The third-order valence-electron chi connectivity index (χ3n) is 4.37. The van der Waals surface area contributed by atoms with Gasteiger partial charge >= 0.3 is 0 Å². The van der Waals surface area contributed by atoms with Crippen molar-refractivity contribution >= 4 is 35.2 Å². The van der Waals surface area contributed by atoms with Gasteiger partial charge in [-0.1, -0.05) is 0 Å². The second-order valence-electron chi connectivity index (χ2n) is 6.28. The van der Waals surface area contributed by atoms with Crippen LogP contribution >= 0.6 is 11.8 Å².